The zero-order valence-corrected chi connectivity index (χ0v) is 22.6. The van der Waals surface area contributed by atoms with Gasteiger partial charge in [0, 0.05) is 56.5 Å². The van der Waals surface area contributed by atoms with Crippen LogP contribution in [0.15, 0.2) is 36.4 Å². The molecule has 0 saturated carbocycles. The first-order valence-electron chi connectivity index (χ1n) is 13.3. The molecule has 2 bridgehead atoms. The maximum atomic E-state index is 13.1. The van der Waals surface area contributed by atoms with Crippen LogP contribution in [0.25, 0.3) is 0 Å². The van der Waals surface area contributed by atoms with E-state index in [-0.39, 0.29) is 30.6 Å². The van der Waals surface area contributed by atoms with Crippen molar-refractivity contribution >= 4 is 5.91 Å². The summed E-state index contributed by atoms with van der Waals surface area (Å²) < 4.78 is 44.7. The minimum atomic E-state index is -4.41. The number of aliphatic hydroxyl groups is 1. The van der Waals surface area contributed by atoms with Gasteiger partial charge in [-0.2, -0.15) is 13.2 Å². The Bertz CT molecular complexity index is 1120. The van der Waals surface area contributed by atoms with Crippen molar-refractivity contribution in [1.29, 1.82) is 0 Å². The number of likely N-dealkylation sites (N-methyl/N-ethyl adjacent to an activating group) is 1. The summed E-state index contributed by atoms with van der Waals surface area (Å²) in [6.07, 6.45) is -2.79. The number of halogens is 3. The van der Waals surface area contributed by atoms with Gasteiger partial charge >= 0.3 is 6.18 Å². The van der Waals surface area contributed by atoms with Crippen molar-refractivity contribution in [3.05, 3.63) is 64.2 Å². The second-order valence-corrected chi connectivity index (χ2v) is 10.6. The van der Waals surface area contributed by atoms with Gasteiger partial charge in [-0.15, -0.1) is 0 Å². The summed E-state index contributed by atoms with van der Waals surface area (Å²) in [5.41, 5.74) is 3.11. The standard InChI is InChI=1S/C29H38F3N3O3/c1-19-20(2)27(38-15-13-33(4)12-5-14-36)11-10-26(19)21(3)34-17-25-16-24(34)18-35(25)28(37)22-6-8-23(9-7-22)29(30,31)32/h6-11,21,24-25,36H,5,12-18H2,1-4H3/t21-,24+,25+/m0/s1. The maximum absolute atomic E-state index is 13.1. The highest BCUT2D eigenvalue weighted by Gasteiger charge is 2.47. The summed E-state index contributed by atoms with van der Waals surface area (Å²) in [4.78, 5) is 19.5. The maximum Gasteiger partial charge on any atom is 0.416 e. The predicted octanol–water partition coefficient (Wildman–Crippen LogP) is 4.68. The lowest BCUT2D eigenvalue weighted by atomic mass is 9.96. The first kappa shape index (κ1) is 28.4. The molecule has 0 spiro atoms. The number of hydrogen-bond acceptors (Lipinski definition) is 5. The van der Waals surface area contributed by atoms with Crippen LogP contribution < -0.4 is 4.74 Å². The highest BCUT2D eigenvalue weighted by Crippen LogP contribution is 2.39. The molecule has 2 aromatic carbocycles. The summed E-state index contributed by atoms with van der Waals surface area (Å²) in [6, 6.07) is 9.13. The minimum Gasteiger partial charge on any atom is -0.492 e. The van der Waals surface area contributed by atoms with Crippen LogP contribution >= 0.6 is 0 Å². The van der Waals surface area contributed by atoms with Crippen LogP contribution in [0.1, 0.15) is 58.4 Å². The largest absolute Gasteiger partial charge is 0.492 e. The topological polar surface area (TPSA) is 56.3 Å². The molecular weight excluding hydrogens is 495 g/mol. The zero-order valence-electron chi connectivity index (χ0n) is 22.6. The number of carbonyl (C=O) groups is 1. The van der Waals surface area contributed by atoms with Gasteiger partial charge in [-0.25, -0.2) is 0 Å². The Balaban J connectivity index is 1.36. The summed E-state index contributed by atoms with van der Waals surface area (Å²) in [6.45, 7) is 10.1. The monoisotopic (exact) mass is 533 g/mol. The van der Waals surface area contributed by atoms with Gasteiger partial charge in [0.15, 0.2) is 0 Å². The number of amides is 1. The number of rotatable bonds is 10. The number of carbonyl (C=O) groups excluding carboxylic acids is 1. The van der Waals surface area contributed by atoms with Crippen molar-refractivity contribution in [2.45, 2.75) is 57.9 Å². The van der Waals surface area contributed by atoms with Crippen LogP contribution in [0.4, 0.5) is 13.2 Å². The van der Waals surface area contributed by atoms with E-state index in [0.717, 1.165) is 55.9 Å². The highest BCUT2D eigenvalue weighted by molar-refractivity contribution is 5.94. The van der Waals surface area contributed by atoms with Gasteiger partial charge in [0.05, 0.1) is 5.56 Å². The molecule has 2 saturated heterocycles. The SMILES string of the molecule is Cc1c(OCCN(C)CCCO)ccc([C@H](C)N2C[C@H]3C[C@@H]2CN3C(=O)c2ccc(C(F)(F)F)cc2)c1C. The fraction of sp³-hybridized carbons (Fsp3) is 0.552. The van der Waals surface area contributed by atoms with Crippen molar-refractivity contribution in [1.82, 2.24) is 14.7 Å². The van der Waals surface area contributed by atoms with E-state index in [9.17, 15) is 18.0 Å². The molecule has 0 aromatic heterocycles. The number of likely N-dealkylation sites (tertiary alicyclic amines) is 2. The molecule has 2 fully saturated rings. The number of fused-ring (bicyclic) bond motifs is 2. The normalized spacial score (nSPS) is 20.4. The second-order valence-electron chi connectivity index (χ2n) is 10.6. The third kappa shape index (κ3) is 6.00. The summed E-state index contributed by atoms with van der Waals surface area (Å²) >= 11 is 0. The van der Waals surface area contributed by atoms with Crippen LogP contribution in [-0.4, -0.2) is 84.2 Å². The van der Waals surface area contributed by atoms with E-state index < -0.39 is 11.7 Å². The fourth-order valence-electron chi connectivity index (χ4n) is 5.76. The van der Waals surface area contributed by atoms with Crippen molar-refractivity contribution in [3.63, 3.8) is 0 Å². The van der Waals surface area contributed by atoms with Crippen LogP contribution in [0.5, 0.6) is 5.75 Å². The van der Waals surface area contributed by atoms with E-state index in [1.54, 1.807) is 0 Å². The fourth-order valence-corrected chi connectivity index (χ4v) is 5.76. The van der Waals surface area contributed by atoms with Crippen molar-refractivity contribution < 1.29 is 27.8 Å². The molecule has 2 aliphatic rings. The molecule has 2 aliphatic heterocycles. The van der Waals surface area contributed by atoms with E-state index >= 15 is 0 Å². The molecule has 6 nitrogen and oxygen atoms in total. The Kier molecular flexibility index (Phi) is 8.69. The number of benzene rings is 2. The molecule has 38 heavy (non-hydrogen) atoms. The van der Waals surface area contributed by atoms with E-state index in [1.165, 1.54) is 23.3 Å². The van der Waals surface area contributed by atoms with E-state index in [2.05, 4.69) is 36.6 Å². The highest BCUT2D eigenvalue weighted by atomic mass is 19.4. The van der Waals surface area contributed by atoms with Crippen LogP contribution in [0.3, 0.4) is 0 Å². The Morgan fingerprint density at radius 3 is 2.39 bits per heavy atom. The van der Waals surface area contributed by atoms with Gasteiger partial charge < -0.3 is 19.6 Å². The average molecular weight is 534 g/mol. The predicted molar refractivity (Wildman–Crippen MR) is 140 cm³/mol. The van der Waals surface area contributed by atoms with Gasteiger partial charge in [-0.05, 0) is 87.7 Å². The lowest BCUT2D eigenvalue weighted by Crippen LogP contribution is -2.49. The Hall–Kier alpha value is -2.62. The number of ether oxygens (including phenoxy) is 1. The Morgan fingerprint density at radius 2 is 1.79 bits per heavy atom. The van der Waals surface area contributed by atoms with Crippen molar-refractivity contribution in [2.75, 3.05) is 46.4 Å². The molecule has 2 aromatic rings. The molecule has 208 valence electrons. The smallest absolute Gasteiger partial charge is 0.416 e. The van der Waals surface area contributed by atoms with Crippen molar-refractivity contribution in [3.8, 4) is 5.75 Å². The molecule has 0 unspecified atom stereocenters. The van der Waals surface area contributed by atoms with Crippen LogP contribution in [0.2, 0.25) is 0 Å². The summed E-state index contributed by atoms with van der Waals surface area (Å²) in [5, 5.41) is 8.97. The molecule has 3 atom stereocenters. The van der Waals surface area contributed by atoms with Gasteiger partial charge in [0.2, 0.25) is 0 Å². The number of piperazine rings is 1. The van der Waals surface area contributed by atoms with Crippen molar-refractivity contribution in [2.24, 2.45) is 0 Å². The van der Waals surface area contributed by atoms with Crippen LogP contribution in [0, 0.1) is 13.8 Å². The number of hydrogen-bond donors (Lipinski definition) is 1. The molecule has 0 aliphatic carbocycles. The van der Waals surface area contributed by atoms with Crippen LogP contribution in [-0.2, 0) is 6.18 Å². The molecule has 4 rings (SSSR count). The Morgan fingerprint density at radius 1 is 1.08 bits per heavy atom. The lowest BCUT2D eigenvalue weighted by molar-refractivity contribution is -0.137. The van der Waals surface area contributed by atoms with Gasteiger partial charge in [-0.3, -0.25) is 9.69 Å². The third-order valence-corrected chi connectivity index (χ3v) is 8.16. The first-order chi connectivity index (χ1) is 18.0. The van der Waals surface area contributed by atoms with E-state index in [0.29, 0.717) is 18.7 Å². The molecular formula is C29H38F3N3O3. The Labute approximate surface area is 223 Å². The first-order valence-corrected chi connectivity index (χ1v) is 13.3. The molecule has 1 amide bonds. The number of alkyl halides is 3. The molecule has 1 N–H and O–H groups in total. The van der Waals surface area contributed by atoms with Gasteiger partial charge in [0.1, 0.15) is 12.4 Å². The third-order valence-electron chi connectivity index (χ3n) is 8.16. The van der Waals surface area contributed by atoms with Gasteiger partial charge in [-0.1, -0.05) is 6.07 Å². The number of nitrogens with zero attached hydrogens (tertiary/aromatic N) is 3. The van der Waals surface area contributed by atoms with E-state index in [4.69, 9.17) is 9.84 Å². The van der Waals surface area contributed by atoms with E-state index in [1.807, 2.05) is 18.0 Å². The quantitative estimate of drug-likeness (QED) is 0.481. The summed E-state index contributed by atoms with van der Waals surface area (Å²) in [5.74, 6) is 0.680. The minimum absolute atomic E-state index is 0.0593. The summed E-state index contributed by atoms with van der Waals surface area (Å²) in [7, 11) is 2.02. The van der Waals surface area contributed by atoms with Gasteiger partial charge in [0.25, 0.3) is 5.91 Å². The molecule has 2 heterocycles. The lowest BCUT2D eigenvalue weighted by Gasteiger charge is -2.38. The molecule has 0 radical (unpaired) electrons. The second kappa shape index (κ2) is 11.6. The zero-order chi connectivity index (χ0) is 27.6. The number of aliphatic hydroxyl groups excluding tert-OH is 1. The molecule has 9 heteroatoms. The average Bonchev–Trinajstić information content (AvgIpc) is 3.50.